The van der Waals surface area contributed by atoms with E-state index < -0.39 is 11.6 Å². The number of amides is 1. The number of carboxylic acids is 1. The zero-order chi connectivity index (χ0) is 14.2. The van der Waals surface area contributed by atoms with Crippen LogP contribution in [0.2, 0.25) is 0 Å². The van der Waals surface area contributed by atoms with Gasteiger partial charge in [-0.1, -0.05) is 6.07 Å². The van der Waals surface area contributed by atoms with Gasteiger partial charge in [-0.15, -0.1) is 0 Å². The Labute approximate surface area is 111 Å². The van der Waals surface area contributed by atoms with Gasteiger partial charge in [0, 0.05) is 19.3 Å². The highest BCUT2D eigenvalue weighted by atomic mass is 16.5. The first kappa shape index (κ1) is 13.5. The lowest BCUT2D eigenvalue weighted by Crippen LogP contribution is -2.45. The molecule has 5 nitrogen and oxygen atoms in total. The number of benzene rings is 1. The third-order valence-electron chi connectivity index (χ3n) is 3.50. The third-order valence-corrected chi connectivity index (χ3v) is 3.50. The van der Waals surface area contributed by atoms with E-state index in [0.717, 1.165) is 12.0 Å². The van der Waals surface area contributed by atoms with Gasteiger partial charge in [0.15, 0.2) is 0 Å². The second-order valence-electron chi connectivity index (χ2n) is 5.07. The predicted molar refractivity (Wildman–Crippen MR) is 70.5 cm³/mol. The number of nitrogens with zero attached hydrogens (tertiary/aromatic N) is 1. The van der Waals surface area contributed by atoms with E-state index in [1.807, 2.05) is 0 Å². The second kappa shape index (κ2) is 4.66. The molecule has 1 amide bonds. The van der Waals surface area contributed by atoms with Crippen molar-refractivity contribution in [3.8, 4) is 0 Å². The minimum atomic E-state index is -0.992. The lowest BCUT2D eigenvalue weighted by molar-refractivity contribution is -0.136. The van der Waals surface area contributed by atoms with Gasteiger partial charge in [0.2, 0.25) is 0 Å². The summed E-state index contributed by atoms with van der Waals surface area (Å²) in [5.74, 6) is -1.15. The molecule has 1 N–H and O–H groups in total. The first-order valence-corrected chi connectivity index (χ1v) is 6.10. The Bertz CT molecular complexity index is 536. The molecule has 2 rings (SSSR count). The topological polar surface area (TPSA) is 66.8 Å². The SMILES string of the molecule is COC(C)(C)C(=O)N1CCc2ccc(C(=O)O)cc21. The van der Waals surface area contributed by atoms with Crippen molar-refractivity contribution in [2.24, 2.45) is 0 Å². The van der Waals surface area contributed by atoms with Crippen LogP contribution in [0.15, 0.2) is 18.2 Å². The van der Waals surface area contributed by atoms with Crippen LogP contribution in [0, 0.1) is 0 Å². The van der Waals surface area contributed by atoms with E-state index in [-0.39, 0.29) is 11.5 Å². The minimum absolute atomic E-state index is 0.156. The van der Waals surface area contributed by atoms with Gasteiger partial charge < -0.3 is 14.7 Å². The second-order valence-corrected chi connectivity index (χ2v) is 5.07. The van der Waals surface area contributed by atoms with Gasteiger partial charge in [-0.2, -0.15) is 0 Å². The third kappa shape index (κ3) is 2.33. The fourth-order valence-corrected chi connectivity index (χ4v) is 2.14. The number of methoxy groups -OCH3 is 1. The maximum atomic E-state index is 12.4. The fourth-order valence-electron chi connectivity index (χ4n) is 2.14. The van der Waals surface area contributed by atoms with E-state index in [4.69, 9.17) is 9.84 Å². The molecule has 0 aromatic heterocycles. The monoisotopic (exact) mass is 263 g/mol. The average molecular weight is 263 g/mol. The summed E-state index contributed by atoms with van der Waals surface area (Å²) in [6, 6.07) is 4.89. The minimum Gasteiger partial charge on any atom is -0.478 e. The number of aromatic carboxylic acids is 1. The molecule has 0 spiro atoms. The van der Waals surface area contributed by atoms with Crippen molar-refractivity contribution in [3.05, 3.63) is 29.3 Å². The highest BCUT2D eigenvalue weighted by Gasteiger charge is 2.36. The van der Waals surface area contributed by atoms with Crippen molar-refractivity contribution in [2.45, 2.75) is 25.9 Å². The summed E-state index contributed by atoms with van der Waals surface area (Å²) in [4.78, 5) is 25.0. The number of fused-ring (bicyclic) bond motifs is 1. The van der Waals surface area contributed by atoms with Crippen molar-refractivity contribution in [1.82, 2.24) is 0 Å². The molecule has 102 valence electrons. The Hall–Kier alpha value is -1.88. The number of carbonyl (C=O) groups excluding carboxylic acids is 1. The number of carbonyl (C=O) groups is 2. The van der Waals surface area contributed by atoms with E-state index in [1.165, 1.54) is 7.11 Å². The van der Waals surface area contributed by atoms with E-state index in [1.54, 1.807) is 36.9 Å². The molecule has 0 saturated heterocycles. The van der Waals surface area contributed by atoms with Crippen molar-refractivity contribution in [3.63, 3.8) is 0 Å². The van der Waals surface area contributed by atoms with Gasteiger partial charge in [0.05, 0.1) is 5.56 Å². The highest BCUT2D eigenvalue weighted by molar-refractivity contribution is 6.01. The van der Waals surface area contributed by atoms with Crippen LogP contribution in [0.3, 0.4) is 0 Å². The summed E-state index contributed by atoms with van der Waals surface area (Å²) in [5.41, 5.74) is 0.940. The Morgan fingerprint density at radius 3 is 2.63 bits per heavy atom. The molecule has 5 heteroatoms. The van der Waals surface area contributed by atoms with Gasteiger partial charge in [0.1, 0.15) is 5.60 Å². The summed E-state index contributed by atoms with van der Waals surface area (Å²) in [6.45, 7) is 3.97. The number of anilines is 1. The number of rotatable bonds is 3. The molecule has 1 aromatic rings. The maximum Gasteiger partial charge on any atom is 0.335 e. The van der Waals surface area contributed by atoms with Gasteiger partial charge in [-0.05, 0) is 38.0 Å². The Morgan fingerprint density at radius 2 is 2.05 bits per heavy atom. The molecule has 0 aliphatic carbocycles. The van der Waals surface area contributed by atoms with E-state index in [0.29, 0.717) is 12.2 Å². The number of hydrogen-bond donors (Lipinski definition) is 1. The summed E-state index contributed by atoms with van der Waals surface area (Å²) in [5, 5.41) is 9.02. The van der Waals surface area contributed by atoms with Gasteiger partial charge >= 0.3 is 5.97 Å². The Balaban J connectivity index is 2.38. The molecular formula is C14H17NO4. The van der Waals surface area contributed by atoms with Crippen LogP contribution in [-0.4, -0.2) is 36.2 Å². The van der Waals surface area contributed by atoms with Crippen LogP contribution in [0.1, 0.15) is 29.8 Å². The molecule has 0 saturated carbocycles. The maximum absolute atomic E-state index is 12.4. The van der Waals surface area contributed by atoms with Crippen LogP contribution >= 0.6 is 0 Å². The summed E-state index contributed by atoms with van der Waals surface area (Å²) >= 11 is 0. The quantitative estimate of drug-likeness (QED) is 0.901. The van der Waals surface area contributed by atoms with E-state index in [9.17, 15) is 9.59 Å². The van der Waals surface area contributed by atoms with E-state index >= 15 is 0 Å². The Kier molecular flexibility index (Phi) is 3.32. The molecule has 1 heterocycles. The summed E-state index contributed by atoms with van der Waals surface area (Å²) < 4.78 is 5.20. The van der Waals surface area contributed by atoms with Crippen molar-refractivity contribution in [1.29, 1.82) is 0 Å². The van der Waals surface area contributed by atoms with Crippen molar-refractivity contribution < 1.29 is 19.4 Å². The standard InChI is InChI=1S/C14H17NO4/c1-14(2,19-3)13(18)15-7-6-9-4-5-10(12(16)17)8-11(9)15/h4-5,8H,6-7H2,1-3H3,(H,16,17). The van der Waals surface area contributed by atoms with Crippen molar-refractivity contribution in [2.75, 3.05) is 18.6 Å². The normalized spacial score (nSPS) is 14.4. The molecule has 0 unspecified atom stereocenters. The predicted octanol–water partition coefficient (Wildman–Crippen LogP) is 1.70. The van der Waals surface area contributed by atoms with E-state index in [2.05, 4.69) is 0 Å². The lowest BCUT2D eigenvalue weighted by atomic mass is 10.1. The number of carboxylic acid groups (broad SMARTS) is 1. The zero-order valence-corrected chi connectivity index (χ0v) is 11.3. The van der Waals surface area contributed by atoms with Crippen LogP contribution in [-0.2, 0) is 16.0 Å². The largest absolute Gasteiger partial charge is 0.478 e. The van der Waals surface area contributed by atoms with Crippen LogP contribution in [0.4, 0.5) is 5.69 Å². The van der Waals surface area contributed by atoms with Crippen molar-refractivity contribution >= 4 is 17.6 Å². The molecule has 19 heavy (non-hydrogen) atoms. The highest BCUT2D eigenvalue weighted by Crippen LogP contribution is 2.31. The molecule has 0 radical (unpaired) electrons. The first-order chi connectivity index (χ1) is 8.86. The van der Waals surface area contributed by atoms with Gasteiger partial charge in [-0.25, -0.2) is 4.79 Å². The van der Waals surface area contributed by atoms with Crippen LogP contribution < -0.4 is 4.90 Å². The molecule has 0 atom stereocenters. The van der Waals surface area contributed by atoms with Gasteiger partial charge in [0.25, 0.3) is 5.91 Å². The molecule has 0 fully saturated rings. The molecule has 1 aliphatic rings. The fraction of sp³-hybridized carbons (Fsp3) is 0.429. The number of hydrogen-bond acceptors (Lipinski definition) is 3. The molecular weight excluding hydrogens is 246 g/mol. The smallest absolute Gasteiger partial charge is 0.335 e. The number of ether oxygens (including phenoxy) is 1. The summed E-state index contributed by atoms with van der Waals surface area (Å²) in [6.07, 6.45) is 0.737. The Morgan fingerprint density at radius 1 is 1.37 bits per heavy atom. The lowest BCUT2D eigenvalue weighted by Gasteiger charge is -2.28. The molecule has 1 aliphatic heterocycles. The molecule has 0 bridgehead atoms. The van der Waals surface area contributed by atoms with Gasteiger partial charge in [-0.3, -0.25) is 4.79 Å². The zero-order valence-electron chi connectivity index (χ0n) is 11.3. The first-order valence-electron chi connectivity index (χ1n) is 6.10. The summed E-state index contributed by atoms with van der Waals surface area (Å²) in [7, 11) is 1.49. The van der Waals surface area contributed by atoms with Crippen LogP contribution in [0.5, 0.6) is 0 Å². The average Bonchev–Trinajstić information content (AvgIpc) is 2.80. The van der Waals surface area contributed by atoms with Crippen LogP contribution in [0.25, 0.3) is 0 Å². The molecule has 1 aromatic carbocycles.